The number of halogens is 1. The predicted molar refractivity (Wildman–Crippen MR) is 126 cm³/mol. The van der Waals surface area contributed by atoms with Crippen molar-refractivity contribution < 1.29 is 4.74 Å². The topological polar surface area (TPSA) is 66.1 Å². The molecule has 2 aromatic rings. The monoisotopic (exact) mass is 429 g/mol. The van der Waals surface area contributed by atoms with Crippen LogP contribution in [0, 0.1) is 0 Å². The van der Waals surface area contributed by atoms with Crippen molar-refractivity contribution in [3.8, 4) is 5.75 Å². The van der Waals surface area contributed by atoms with Crippen LogP contribution in [0.3, 0.4) is 0 Å². The van der Waals surface area contributed by atoms with Crippen molar-refractivity contribution in [3.63, 3.8) is 0 Å². The van der Waals surface area contributed by atoms with Gasteiger partial charge in [0.15, 0.2) is 5.96 Å². The summed E-state index contributed by atoms with van der Waals surface area (Å²) in [5, 5.41) is 3.61. The van der Waals surface area contributed by atoms with E-state index in [2.05, 4.69) is 50.4 Å². The molecule has 0 radical (unpaired) electrons. The highest BCUT2D eigenvalue weighted by molar-refractivity contribution is 6.32. The molecule has 1 aliphatic rings. The number of nitrogens with zero attached hydrogens (tertiary/aromatic N) is 3. The van der Waals surface area contributed by atoms with Crippen LogP contribution < -0.4 is 15.8 Å². The van der Waals surface area contributed by atoms with Crippen LogP contribution in [0.4, 0.5) is 5.69 Å². The minimum absolute atomic E-state index is 0.408. The first-order valence-electron chi connectivity index (χ1n) is 10.5. The molecular weight excluding hydrogens is 398 g/mol. The number of anilines is 1. The number of nitrogens with two attached hydrogens (primary N) is 1. The van der Waals surface area contributed by atoms with E-state index >= 15 is 0 Å². The Bertz CT molecular complexity index is 806. The van der Waals surface area contributed by atoms with Crippen molar-refractivity contribution in [1.29, 1.82) is 0 Å². The molecule has 0 aliphatic carbocycles. The number of ether oxygens (including phenoxy) is 1. The zero-order chi connectivity index (χ0) is 21.2. The van der Waals surface area contributed by atoms with Gasteiger partial charge in [0.25, 0.3) is 0 Å². The number of rotatable bonds is 9. The lowest BCUT2D eigenvalue weighted by atomic mass is 10.2. The van der Waals surface area contributed by atoms with Crippen molar-refractivity contribution in [3.05, 3.63) is 59.1 Å². The second-order valence-corrected chi connectivity index (χ2v) is 7.96. The smallest absolute Gasteiger partial charge is 0.193 e. The molecule has 7 heteroatoms. The molecule has 3 rings (SSSR count). The molecule has 0 spiro atoms. The number of unbranched alkanes of at least 4 members (excludes halogenated alkanes) is 1. The van der Waals surface area contributed by atoms with Crippen LogP contribution in [0.15, 0.2) is 53.5 Å². The molecule has 162 valence electrons. The zero-order valence-corrected chi connectivity index (χ0v) is 18.4. The Balaban J connectivity index is 1.29. The molecule has 0 aromatic heterocycles. The van der Waals surface area contributed by atoms with Gasteiger partial charge in [-0.25, -0.2) is 0 Å². The SMILES string of the molecule is COc1ccc(NC(N)=NCCCCN2CCN(Cc3ccccc3)CC2)cc1Cl. The molecule has 0 amide bonds. The summed E-state index contributed by atoms with van der Waals surface area (Å²) >= 11 is 6.13. The number of methoxy groups -OCH3 is 1. The maximum atomic E-state index is 6.13. The van der Waals surface area contributed by atoms with E-state index in [-0.39, 0.29) is 0 Å². The molecule has 0 atom stereocenters. The highest BCUT2D eigenvalue weighted by Crippen LogP contribution is 2.27. The molecule has 0 unspecified atom stereocenters. The summed E-state index contributed by atoms with van der Waals surface area (Å²) in [5.41, 5.74) is 8.18. The lowest BCUT2D eigenvalue weighted by Gasteiger charge is -2.34. The van der Waals surface area contributed by atoms with E-state index in [1.54, 1.807) is 19.2 Å². The fourth-order valence-electron chi connectivity index (χ4n) is 3.59. The lowest BCUT2D eigenvalue weighted by Crippen LogP contribution is -2.46. The Morgan fingerprint density at radius 2 is 1.80 bits per heavy atom. The van der Waals surface area contributed by atoms with Crippen LogP contribution >= 0.6 is 11.6 Å². The van der Waals surface area contributed by atoms with Gasteiger partial charge in [-0.3, -0.25) is 9.89 Å². The quantitative estimate of drug-likeness (QED) is 0.361. The van der Waals surface area contributed by atoms with Gasteiger partial charge in [-0.1, -0.05) is 41.9 Å². The first-order chi connectivity index (χ1) is 14.6. The van der Waals surface area contributed by atoms with E-state index in [1.807, 2.05) is 6.07 Å². The Hall–Kier alpha value is -2.28. The van der Waals surface area contributed by atoms with E-state index in [4.69, 9.17) is 22.1 Å². The highest BCUT2D eigenvalue weighted by Gasteiger charge is 2.16. The number of aliphatic imine (C=N–C) groups is 1. The van der Waals surface area contributed by atoms with Crippen LogP contribution in [0.25, 0.3) is 0 Å². The minimum Gasteiger partial charge on any atom is -0.495 e. The van der Waals surface area contributed by atoms with Gasteiger partial charge in [0, 0.05) is 45.0 Å². The highest BCUT2D eigenvalue weighted by atomic mass is 35.5. The number of piperazine rings is 1. The fraction of sp³-hybridized carbons (Fsp3) is 0.435. The van der Waals surface area contributed by atoms with Crippen molar-refractivity contribution >= 4 is 23.2 Å². The van der Waals surface area contributed by atoms with Gasteiger partial charge in [0.05, 0.1) is 12.1 Å². The largest absolute Gasteiger partial charge is 0.495 e. The maximum Gasteiger partial charge on any atom is 0.193 e. The molecule has 1 saturated heterocycles. The molecule has 1 heterocycles. The molecule has 1 aliphatic heterocycles. The molecule has 0 bridgehead atoms. The summed E-state index contributed by atoms with van der Waals surface area (Å²) in [6.45, 7) is 7.43. The van der Waals surface area contributed by atoms with Crippen molar-refractivity contribution in [2.24, 2.45) is 10.7 Å². The van der Waals surface area contributed by atoms with E-state index < -0.39 is 0 Å². The first-order valence-corrected chi connectivity index (χ1v) is 10.9. The van der Waals surface area contributed by atoms with Gasteiger partial charge >= 0.3 is 0 Å². The van der Waals surface area contributed by atoms with Gasteiger partial charge in [0.1, 0.15) is 5.75 Å². The summed E-state index contributed by atoms with van der Waals surface area (Å²) in [7, 11) is 1.59. The number of hydrogen-bond acceptors (Lipinski definition) is 4. The van der Waals surface area contributed by atoms with E-state index in [0.717, 1.165) is 64.3 Å². The Morgan fingerprint density at radius 3 is 2.50 bits per heavy atom. The van der Waals surface area contributed by atoms with Gasteiger partial charge in [-0.2, -0.15) is 0 Å². The van der Waals surface area contributed by atoms with Crippen molar-refractivity contribution in [1.82, 2.24) is 9.80 Å². The summed E-state index contributed by atoms with van der Waals surface area (Å²) in [6.07, 6.45) is 2.15. The molecule has 3 N–H and O–H groups in total. The van der Waals surface area contributed by atoms with E-state index in [0.29, 0.717) is 16.7 Å². The summed E-state index contributed by atoms with van der Waals surface area (Å²) in [6, 6.07) is 16.2. The van der Waals surface area contributed by atoms with Crippen LogP contribution in [0.2, 0.25) is 5.02 Å². The molecule has 30 heavy (non-hydrogen) atoms. The Morgan fingerprint density at radius 1 is 1.07 bits per heavy atom. The summed E-state index contributed by atoms with van der Waals surface area (Å²) < 4.78 is 5.15. The van der Waals surface area contributed by atoms with Crippen molar-refractivity contribution in [2.75, 3.05) is 51.7 Å². The van der Waals surface area contributed by atoms with Crippen LogP contribution in [0.5, 0.6) is 5.75 Å². The number of benzene rings is 2. The summed E-state index contributed by atoms with van der Waals surface area (Å²) in [5.74, 6) is 1.05. The average Bonchev–Trinajstić information content (AvgIpc) is 2.75. The third-order valence-corrected chi connectivity index (χ3v) is 5.60. The number of nitrogens with one attached hydrogen (secondary N) is 1. The predicted octanol–water partition coefficient (Wildman–Crippen LogP) is 3.67. The third-order valence-electron chi connectivity index (χ3n) is 5.30. The number of hydrogen-bond donors (Lipinski definition) is 2. The average molecular weight is 430 g/mol. The lowest BCUT2D eigenvalue weighted by molar-refractivity contribution is 0.126. The Kier molecular flexibility index (Phi) is 8.81. The van der Waals surface area contributed by atoms with E-state index in [9.17, 15) is 0 Å². The maximum absolute atomic E-state index is 6.13. The van der Waals surface area contributed by atoms with Gasteiger partial charge in [0.2, 0.25) is 0 Å². The second-order valence-electron chi connectivity index (χ2n) is 7.55. The fourth-order valence-corrected chi connectivity index (χ4v) is 3.85. The molecule has 6 nitrogen and oxygen atoms in total. The summed E-state index contributed by atoms with van der Waals surface area (Å²) in [4.78, 5) is 9.50. The second kappa shape index (κ2) is 11.8. The molecule has 0 saturated carbocycles. The van der Waals surface area contributed by atoms with Crippen LogP contribution in [-0.2, 0) is 6.54 Å². The van der Waals surface area contributed by atoms with Crippen molar-refractivity contribution in [2.45, 2.75) is 19.4 Å². The van der Waals surface area contributed by atoms with Gasteiger partial charge < -0.3 is 20.7 Å². The number of guanidine groups is 1. The molecule has 1 fully saturated rings. The molecule has 2 aromatic carbocycles. The third kappa shape index (κ3) is 7.20. The molecular formula is C23H32ClN5O. The van der Waals surface area contributed by atoms with Gasteiger partial charge in [-0.05, 0) is 43.1 Å². The first kappa shape index (κ1) is 22.4. The van der Waals surface area contributed by atoms with Crippen LogP contribution in [0.1, 0.15) is 18.4 Å². The Labute approximate surface area is 184 Å². The van der Waals surface area contributed by atoms with Gasteiger partial charge in [-0.15, -0.1) is 0 Å². The zero-order valence-electron chi connectivity index (χ0n) is 17.7. The normalized spacial score (nSPS) is 15.9. The van der Waals surface area contributed by atoms with Crippen LogP contribution in [-0.4, -0.2) is 62.1 Å². The standard InChI is InChI=1S/C23H32ClN5O/c1-30-22-10-9-20(17-21(22)24)27-23(25)26-11-5-6-12-28-13-15-29(16-14-28)18-19-7-3-2-4-8-19/h2-4,7-10,17H,5-6,11-16,18H2,1H3,(H3,25,26,27). The van der Waals surface area contributed by atoms with E-state index in [1.165, 1.54) is 5.56 Å². The minimum atomic E-state index is 0.408.